The molecule has 0 fully saturated rings. The van der Waals surface area contributed by atoms with Crippen molar-refractivity contribution in [1.29, 1.82) is 5.26 Å². The van der Waals surface area contributed by atoms with Crippen LogP contribution in [0.1, 0.15) is 6.92 Å². The number of rotatable bonds is 3. The van der Waals surface area contributed by atoms with Crippen LogP contribution < -0.4 is 16.1 Å². The van der Waals surface area contributed by atoms with Gasteiger partial charge < -0.3 is 4.90 Å². The summed E-state index contributed by atoms with van der Waals surface area (Å²) in [6, 6.07) is 1.16. The lowest BCUT2D eigenvalue weighted by Gasteiger charge is -2.23. The van der Waals surface area contributed by atoms with E-state index in [-0.39, 0.29) is 5.82 Å². The van der Waals surface area contributed by atoms with E-state index in [0.717, 1.165) is 11.6 Å². The third-order valence-electron chi connectivity index (χ3n) is 2.90. The minimum Gasteiger partial charge on any atom is -0.339 e. The maximum absolute atomic E-state index is 11.8. The molecule has 0 aliphatic carbocycles. The summed E-state index contributed by atoms with van der Waals surface area (Å²) in [5, 5.41) is 19.9. The van der Waals surface area contributed by atoms with Gasteiger partial charge in [-0.05, 0) is 6.92 Å². The SMILES string of the molecule is CC(C#N)N(C)c1c([N+](=O)[O-])c(=O)n(C)c(=O)n1C. The summed E-state index contributed by atoms with van der Waals surface area (Å²) in [5.41, 5.74) is -2.42. The minimum absolute atomic E-state index is 0.188. The van der Waals surface area contributed by atoms with E-state index in [1.54, 1.807) is 0 Å². The molecule has 0 aliphatic heterocycles. The maximum Gasteiger partial charge on any atom is 0.374 e. The Hall–Kier alpha value is -2.63. The van der Waals surface area contributed by atoms with Crippen LogP contribution in [0.15, 0.2) is 9.59 Å². The minimum atomic E-state index is -1.000. The number of nitriles is 1. The van der Waals surface area contributed by atoms with Gasteiger partial charge in [0.2, 0.25) is 0 Å². The predicted molar refractivity (Wildman–Crippen MR) is 67.1 cm³/mol. The summed E-state index contributed by atoms with van der Waals surface area (Å²) < 4.78 is 1.64. The second-order valence-corrected chi connectivity index (χ2v) is 4.05. The van der Waals surface area contributed by atoms with Gasteiger partial charge in [0.25, 0.3) is 0 Å². The van der Waals surface area contributed by atoms with Crippen molar-refractivity contribution < 1.29 is 4.92 Å². The van der Waals surface area contributed by atoms with Crippen molar-refractivity contribution in [3.05, 3.63) is 31.0 Å². The lowest BCUT2D eigenvalue weighted by atomic mass is 10.3. The van der Waals surface area contributed by atoms with E-state index in [1.165, 1.54) is 25.9 Å². The number of hydrogen-bond donors (Lipinski definition) is 0. The van der Waals surface area contributed by atoms with Crippen molar-refractivity contribution >= 4 is 11.5 Å². The van der Waals surface area contributed by atoms with E-state index in [4.69, 9.17) is 5.26 Å². The monoisotopic (exact) mass is 267 g/mol. The average Bonchev–Trinajstić information content (AvgIpc) is 2.37. The van der Waals surface area contributed by atoms with E-state index in [9.17, 15) is 19.7 Å². The van der Waals surface area contributed by atoms with Gasteiger partial charge in [-0.25, -0.2) is 4.79 Å². The van der Waals surface area contributed by atoms with Crippen LogP contribution in [0.4, 0.5) is 11.5 Å². The molecule has 1 atom stereocenters. The van der Waals surface area contributed by atoms with Crippen LogP contribution in [0.25, 0.3) is 0 Å². The summed E-state index contributed by atoms with van der Waals surface area (Å²) in [6.07, 6.45) is 0. The van der Waals surface area contributed by atoms with Gasteiger partial charge >= 0.3 is 16.9 Å². The molecule has 0 saturated heterocycles. The van der Waals surface area contributed by atoms with Crippen molar-refractivity contribution in [2.75, 3.05) is 11.9 Å². The fourth-order valence-electron chi connectivity index (χ4n) is 1.65. The summed E-state index contributed by atoms with van der Waals surface area (Å²) in [7, 11) is 3.88. The lowest BCUT2D eigenvalue weighted by Crippen LogP contribution is -2.43. The fourth-order valence-corrected chi connectivity index (χ4v) is 1.65. The third-order valence-corrected chi connectivity index (χ3v) is 2.90. The molecule has 1 rings (SSSR count). The van der Waals surface area contributed by atoms with Crippen LogP contribution in [0.2, 0.25) is 0 Å². The molecule has 0 N–H and O–H groups in total. The van der Waals surface area contributed by atoms with Crippen LogP contribution in [0.3, 0.4) is 0 Å². The molecule has 9 heteroatoms. The molecule has 0 amide bonds. The zero-order valence-electron chi connectivity index (χ0n) is 10.9. The van der Waals surface area contributed by atoms with E-state index in [1.807, 2.05) is 6.07 Å². The standard InChI is InChI=1S/C10H13N5O4/c1-6(5-11)12(2)8-7(15(18)19)9(16)14(4)10(17)13(8)3/h6H,1-4H3. The van der Waals surface area contributed by atoms with Crippen LogP contribution in [0, 0.1) is 21.4 Å². The first-order valence-corrected chi connectivity index (χ1v) is 5.30. The summed E-state index contributed by atoms with van der Waals surface area (Å²) in [4.78, 5) is 35.0. The van der Waals surface area contributed by atoms with Crippen molar-refractivity contribution in [2.24, 2.45) is 14.1 Å². The maximum atomic E-state index is 11.8. The normalized spacial score (nSPS) is 11.7. The Labute approximate surface area is 108 Å². The molecule has 0 aromatic carbocycles. The van der Waals surface area contributed by atoms with E-state index in [2.05, 4.69) is 0 Å². The molecule has 9 nitrogen and oxygen atoms in total. The van der Waals surface area contributed by atoms with E-state index >= 15 is 0 Å². The van der Waals surface area contributed by atoms with Crippen LogP contribution in [-0.2, 0) is 14.1 Å². The molecule has 1 unspecified atom stereocenters. The Morgan fingerprint density at radius 1 is 1.37 bits per heavy atom. The highest BCUT2D eigenvalue weighted by Crippen LogP contribution is 2.22. The van der Waals surface area contributed by atoms with E-state index < -0.39 is 27.9 Å². The van der Waals surface area contributed by atoms with Crippen molar-refractivity contribution in [1.82, 2.24) is 9.13 Å². The number of aromatic nitrogens is 2. The van der Waals surface area contributed by atoms with Gasteiger partial charge in [-0.2, -0.15) is 5.26 Å². The average molecular weight is 267 g/mol. The quantitative estimate of drug-likeness (QED) is 0.530. The second-order valence-electron chi connectivity index (χ2n) is 4.05. The van der Waals surface area contributed by atoms with Crippen molar-refractivity contribution in [3.63, 3.8) is 0 Å². The molecule has 1 heterocycles. The molecule has 1 aromatic rings. The van der Waals surface area contributed by atoms with Gasteiger partial charge in [-0.1, -0.05) is 0 Å². The summed E-state index contributed by atoms with van der Waals surface area (Å²) in [6.45, 7) is 1.51. The number of nitrogens with zero attached hydrogens (tertiary/aromatic N) is 5. The first-order chi connectivity index (χ1) is 8.73. The molecule has 102 valence electrons. The third kappa shape index (κ3) is 2.20. The number of anilines is 1. The first-order valence-electron chi connectivity index (χ1n) is 5.30. The lowest BCUT2D eigenvalue weighted by molar-refractivity contribution is -0.386. The van der Waals surface area contributed by atoms with Gasteiger partial charge in [0, 0.05) is 21.1 Å². The van der Waals surface area contributed by atoms with Crippen LogP contribution >= 0.6 is 0 Å². The van der Waals surface area contributed by atoms with Crippen LogP contribution in [-0.4, -0.2) is 27.1 Å². The largest absolute Gasteiger partial charge is 0.374 e. The number of hydrogen-bond acceptors (Lipinski definition) is 6. The number of nitro groups is 1. The highest BCUT2D eigenvalue weighted by molar-refractivity contribution is 5.58. The van der Waals surface area contributed by atoms with Gasteiger partial charge in [-0.15, -0.1) is 0 Å². The zero-order valence-corrected chi connectivity index (χ0v) is 10.9. The van der Waals surface area contributed by atoms with E-state index in [0.29, 0.717) is 4.57 Å². The van der Waals surface area contributed by atoms with Gasteiger partial charge in [0.05, 0.1) is 11.0 Å². The van der Waals surface area contributed by atoms with Gasteiger partial charge in [0.1, 0.15) is 6.04 Å². The molecule has 0 radical (unpaired) electrons. The predicted octanol–water partition coefficient (Wildman–Crippen LogP) is -0.660. The van der Waals surface area contributed by atoms with Gasteiger partial charge in [0.15, 0.2) is 5.82 Å². The van der Waals surface area contributed by atoms with Crippen molar-refractivity contribution in [2.45, 2.75) is 13.0 Å². The molecule has 0 bridgehead atoms. The molecular weight excluding hydrogens is 254 g/mol. The molecule has 19 heavy (non-hydrogen) atoms. The Bertz CT molecular complexity index is 681. The Balaban J connectivity index is 3.83. The molecule has 1 aromatic heterocycles. The molecule has 0 spiro atoms. The summed E-state index contributed by atoms with van der Waals surface area (Å²) in [5.74, 6) is -0.188. The zero-order chi connectivity index (χ0) is 14.9. The Morgan fingerprint density at radius 2 is 1.89 bits per heavy atom. The highest BCUT2D eigenvalue weighted by Gasteiger charge is 2.29. The topological polar surface area (TPSA) is 114 Å². The van der Waals surface area contributed by atoms with Gasteiger partial charge in [-0.3, -0.25) is 24.0 Å². The molecular formula is C10H13N5O4. The first kappa shape index (κ1) is 14.4. The molecule has 0 aliphatic rings. The van der Waals surface area contributed by atoms with Crippen molar-refractivity contribution in [3.8, 4) is 6.07 Å². The summed E-state index contributed by atoms with van der Waals surface area (Å²) >= 11 is 0. The van der Waals surface area contributed by atoms with Crippen LogP contribution in [0.5, 0.6) is 0 Å². The fraction of sp³-hybridized carbons (Fsp3) is 0.500. The highest BCUT2D eigenvalue weighted by atomic mass is 16.6. The second kappa shape index (κ2) is 4.93. The smallest absolute Gasteiger partial charge is 0.339 e. The Morgan fingerprint density at radius 3 is 2.32 bits per heavy atom. The molecule has 0 saturated carbocycles. The Kier molecular flexibility index (Phi) is 3.75.